The van der Waals surface area contributed by atoms with Crippen molar-refractivity contribution in [1.29, 1.82) is 5.26 Å². The number of nitrogens with zero attached hydrogens (tertiary/aromatic N) is 2. The Kier molecular flexibility index (Phi) is 4.63. The first-order chi connectivity index (χ1) is 8.45. The molecule has 1 rings (SSSR count). The van der Waals surface area contributed by atoms with E-state index >= 15 is 0 Å². The number of hydrogen-bond acceptors (Lipinski definition) is 5. The molecule has 0 fully saturated rings. The number of nitriles is 1. The van der Waals surface area contributed by atoms with Crippen molar-refractivity contribution < 1.29 is 4.92 Å². The van der Waals surface area contributed by atoms with Crippen molar-refractivity contribution in [3.8, 4) is 6.07 Å². The normalized spacial score (nSPS) is 11.9. The Morgan fingerprint density at radius 3 is 2.72 bits per heavy atom. The average Bonchev–Trinajstić information content (AvgIpc) is 2.35. The molecule has 1 aromatic rings. The first-order valence-electron chi connectivity index (χ1n) is 5.63. The molecule has 0 saturated carbocycles. The van der Waals surface area contributed by atoms with Gasteiger partial charge < -0.3 is 11.1 Å². The first kappa shape index (κ1) is 13.9. The lowest BCUT2D eigenvalue weighted by Crippen LogP contribution is -2.33. The van der Waals surface area contributed by atoms with Crippen LogP contribution in [0, 0.1) is 27.4 Å². The van der Waals surface area contributed by atoms with E-state index in [0.717, 1.165) is 0 Å². The van der Waals surface area contributed by atoms with E-state index in [4.69, 9.17) is 11.0 Å². The van der Waals surface area contributed by atoms with E-state index in [-0.39, 0.29) is 17.3 Å². The third-order valence-electron chi connectivity index (χ3n) is 2.71. The Morgan fingerprint density at radius 1 is 1.56 bits per heavy atom. The second kappa shape index (κ2) is 5.98. The summed E-state index contributed by atoms with van der Waals surface area (Å²) in [4.78, 5) is 10.2. The van der Waals surface area contributed by atoms with Crippen LogP contribution in [0.15, 0.2) is 18.2 Å². The second-order valence-corrected chi connectivity index (χ2v) is 4.39. The van der Waals surface area contributed by atoms with Gasteiger partial charge in [0.1, 0.15) is 11.6 Å². The fourth-order valence-electron chi connectivity index (χ4n) is 1.36. The molecule has 0 spiro atoms. The molecule has 18 heavy (non-hydrogen) atoms. The zero-order valence-corrected chi connectivity index (χ0v) is 10.4. The summed E-state index contributed by atoms with van der Waals surface area (Å²) in [6.45, 7) is 4.54. The van der Waals surface area contributed by atoms with E-state index in [1.54, 1.807) is 12.1 Å². The van der Waals surface area contributed by atoms with Gasteiger partial charge in [-0.25, -0.2) is 0 Å². The highest BCUT2D eigenvalue weighted by Gasteiger charge is 2.14. The minimum atomic E-state index is -0.563. The van der Waals surface area contributed by atoms with Crippen LogP contribution in [0.2, 0.25) is 0 Å². The molecule has 1 unspecified atom stereocenters. The molecule has 0 aliphatic rings. The van der Waals surface area contributed by atoms with E-state index in [2.05, 4.69) is 5.32 Å². The fraction of sp³-hybridized carbons (Fsp3) is 0.417. The highest BCUT2D eigenvalue weighted by molar-refractivity contribution is 5.59. The molecule has 0 saturated heterocycles. The molecule has 0 aliphatic heterocycles. The van der Waals surface area contributed by atoms with Crippen LogP contribution >= 0.6 is 0 Å². The number of rotatable bonds is 5. The first-order valence-corrected chi connectivity index (χ1v) is 5.63. The summed E-state index contributed by atoms with van der Waals surface area (Å²) in [6, 6.07) is 6.19. The number of nitro groups is 1. The molecule has 1 atom stereocenters. The Hall–Kier alpha value is -2.13. The van der Waals surface area contributed by atoms with Crippen molar-refractivity contribution in [1.82, 2.24) is 0 Å². The highest BCUT2D eigenvalue weighted by atomic mass is 16.6. The third kappa shape index (κ3) is 3.43. The Labute approximate surface area is 106 Å². The molecule has 0 radical (unpaired) electrons. The molecule has 0 amide bonds. The van der Waals surface area contributed by atoms with Crippen LogP contribution in [0.3, 0.4) is 0 Å². The molecular formula is C12H16N4O2. The average molecular weight is 248 g/mol. The van der Waals surface area contributed by atoms with E-state index in [1.165, 1.54) is 12.1 Å². The zero-order chi connectivity index (χ0) is 13.7. The van der Waals surface area contributed by atoms with Crippen LogP contribution in [-0.2, 0) is 0 Å². The largest absolute Gasteiger partial charge is 0.383 e. The van der Waals surface area contributed by atoms with Crippen molar-refractivity contribution in [3.05, 3.63) is 33.9 Å². The van der Waals surface area contributed by atoms with Crippen molar-refractivity contribution >= 4 is 11.4 Å². The summed E-state index contributed by atoms with van der Waals surface area (Å²) in [5.41, 5.74) is 6.32. The van der Waals surface area contributed by atoms with E-state index in [0.29, 0.717) is 18.2 Å². The number of nitrogens with one attached hydrogen (secondary N) is 1. The van der Waals surface area contributed by atoms with Crippen molar-refractivity contribution in [2.45, 2.75) is 19.9 Å². The van der Waals surface area contributed by atoms with Gasteiger partial charge in [0, 0.05) is 24.3 Å². The lowest BCUT2D eigenvalue weighted by atomic mass is 10.1. The van der Waals surface area contributed by atoms with Gasteiger partial charge in [-0.2, -0.15) is 5.26 Å². The van der Waals surface area contributed by atoms with Crippen LogP contribution in [0.4, 0.5) is 11.4 Å². The highest BCUT2D eigenvalue weighted by Crippen LogP contribution is 2.22. The smallest absolute Gasteiger partial charge is 0.289 e. The van der Waals surface area contributed by atoms with Gasteiger partial charge >= 0.3 is 0 Å². The summed E-state index contributed by atoms with van der Waals surface area (Å²) in [6.07, 6.45) is 0. The maximum Gasteiger partial charge on any atom is 0.289 e. The summed E-state index contributed by atoms with van der Waals surface area (Å²) in [5, 5.41) is 22.6. The summed E-state index contributed by atoms with van der Waals surface area (Å²) in [5.74, 6) is 0.325. The molecule has 6 heteroatoms. The van der Waals surface area contributed by atoms with E-state index in [9.17, 15) is 10.1 Å². The molecular weight excluding hydrogens is 232 g/mol. The van der Waals surface area contributed by atoms with Gasteiger partial charge in [-0.15, -0.1) is 0 Å². The molecule has 1 aromatic carbocycles. The predicted molar refractivity (Wildman–Crippen MR) is 69.1 cm³/mol. The Bertz CT molecular complexity index is 479. The van der Waals surface area contributed by atoms with Crippen molar-refractivity contribution in [2.24, 2.45) is 11.7 Å². The van der Waals surface area contributed by atoms with Gasteiger partial charge in [0.05, 0.1) is 4.92 Å². The van der Waals surface area contributed by atoms with Crippen LogP contribution in [0.5, 0.6) is 0 Å². The lowest BCUT2D eigenvalue weighted by Gasteiger charge is -2.16. The predicted octanol–water partition coefficient (Wildman–Crippen LogP) is 1.86. The van der Waals surface area contributed by atoms with Gasteiger partial charge in [0.15, 0.2) is 0 Å². The quantitative estimate of drug-likeness (QED) is 0.611. The van der Waals surface area contributed by atoms with Crippen LogP contribution in [0.1, 0.15) is 19.4 Å². The van der Waals surface area contributed by atoms with Crippen molar-refractivity contribution in [3.63, 3.8) is 0 Å². The van der Waals surface area contributed by atoms with E-state index < -0.39 is 4.92 Å². The van der Waals surface area contributed by atoms with Gasteiger partial charge in [-0.3, -0.25) is 10.1 Å². The van der Waals surface area contributed by atoms with Gasteiger partial charge in [0.25, 0.3) is 5.69 Å². The van der Waals surface area contributed by atoms with E-state index in [1.807, 2.05) is 13.8 Å². The number of benzene rings is 1. The lowest BCUT2D eigenvalue weighted by molar-refractivity contribution is -0.385. The molecule has 6 nitrogen and oxygen atoms in total. The summed E-state index contributed by atoms with van der Waals surface area (Å²) >= 11 is 0. The van der Waals surface area contributed by atoms with Crippen molar-refractivity contribution in [2.75, 3.05) is 11.9 Å². The number of hydrogen-bond donors (Lipinski definition) is 2. The molecule has 0 heterocycles. The van der Waals surface area contributed by atoms with Crippen LogP contribution in [-0.4, -0.2) is 17.5 Å². The number of nitrogens with two attached hydrogens (primary N) is 1. The molecule has 0 bridgehead atoms. The Balaban J connectivity index is 2.83. The van der Waals surface area contributed by atoms with Gasteiger partial charge in [-0.05, 0) is 18.1 Å². The van der Waals surface area contributed by atoms with Crippen LogP contribution < -0.4 is 11.1 Å². The SMILES string of the molecule is CC(C)C(N)CNc1ccc(C#N)c([N+](=O)[O-])c1. The maximum absolute atomic E-state index is 10.8. The maximum atomic E-state index is 10.8. The fourth-order valence-corrected chi connectivity index (χ4v) is 1.36. The third-order valence-corrected chi connectivity index (χ3v) is 2.71. The van der Waals surface area contributed by atoms with Gasteiger partial charge in [-0.1, -0.05) is 13.8 Å². The minimum absolute atomic E-state index is 0.0281. The van der Waals surface area contributed by atoms with Crippen LogP contribution in [0.25, 0.3) is 0 Å². The molecule has 96 valence electrons. The molecule has 3 N–H and O–H groups in total. The number of anilines is 1. The second-order valence-electron chi connectivity index (χ2n) is 4.39. The molecule has 0 aromatic heterocycles. The minimum Gasteiger partial charge on any atom is -0.383 e. The topological polar surface area (TPSA) is 105 Å². The molecule has 0 aliphatic carbocycles. The number of nitro benzene ring substituents is 1. The monoisotopic (exact) mass is 248 g/mol. The summed E-state index contributed by atoms with van der Waals surface area (Å²) in [7, 11) is 0. The zero-order valence-electron chi connectivity index (χ0n) is 10.4. The standard InChI is InChI=1S/C12H16N4O2/c1-8(2)11(14)7-15-10-4-3-9(6-13)12(5-10)16(17)18/h3-5,8,11,15H,7,14H2,1-2H3. The summed E-state index contributed by atoms with van der Waals surface area (Å²) < 4.78 is 0. The van der Waals surface area contributed by atoms with Gasteiger partial charge in [0.2, 0.25) is 0 Å². The Morgan fingerprint density at radius 2 is 2.22 bits per heavy atom.